The molecule has 3 fully saturated rings. The van der Waals surface area contributed by atoms with Crippen LogP contribution >= 0.6 is 0 Å². The molecule has 2 saturated heterocycles. The van der Waals surface area contributed by atoms with E-state index >= 15 is 0 Å². The molecule has 7 atom stereocenters. The number of aliphatic hydroxyl groups excluding tert-OH is 1. The summed E-state index contributed by atoms with van der Waals surface area (Å²) in [4.78, 5) is 41.7. The molecule has 4 aromatic carbocycles. The van der Waals surface area contributed by atoms with Crippen molar-refractivity contribution in [1.29, 1.82) is 0 Å². The molecule has 0 aromatic heterocycles. The third kappa shape index (κ3) is 11.7. The Morgan fingerprint density at radius 3 is 2.25 bits per heavy atom. The van der Waals surface area contributed by atoms with Gasteiger partial charge in [-0.2, -0.15) is 0 Å². The second-order valence-electron chi connectivity index (χ2n) is 17.9. The number of ether oxygens (including phenoxy) is 3. The van der Waals surface area contributed by atoms with E-state index in [1.165, 1.54) is 26.4 Å². The van der Waals surface area contributed by atoms with Crippen LogP contribution in [0, 0.1) is 5.92 Å². The molecule has 61 heavy (non-hydrogen) atoms. The third-order valence-corrected chi connectivity index (χ3v) is 12.3. The van der Waals surface area contributed by atoms with Gasteiger partial charge in [-0.3, -0.25) is 9.69 Å². The van der Waals surface area contributed by atoms with Crippen LogP contribution < -0.4 is 16.0 Å². The molecule has 3 aliphatic rings. The normalized spacial score (nSPS) is 23.6. The number of rotatable bonds is 13. The molecule has 4 N–H and O–H groups in total. The number of methoxy groups -OCH3 is 1. The van der Waals surface area contributed by atoms with Gasteiger partial charge in [0.25, 0.3) is 0 Å². The van der Waals surface area contributed by atoms with Crippen LogP contribution in [0.5, 0.6) is 0 Å². The Morgan fingerprint density at radius 2 is 1.52 bits per heavy atom. The summed E-state index contributed by atoms with van der Waals surface area (Å²) in [5.41, 5.74) is 6.25. The predicted molar refractivity (Wildman–Crippen MR) is 235 cm³/mol. The molecule has 0 spiro atoms. The molecule has 3 amide bonds. The van der Waals surface area contributed by atoms with Crippen molar-refractivity contribution in [3.05, 3.63) is 131 Å². The largest absolute Gasteiger partial charge is 0.467 e. The first-order valence-corrected chi connectivity index (χ1v) is 21.9. The van der Waals surface area contributed by atoms with Gasteiger partial charge in [0, 0.05) is 43.1 Å². The minimum atomic E-state index is -0.822. The number of urea groups is 1. The van der Waals surface area contributed by atoms with Crippen molar-refractivity contribution in [2.45, 2.75) is 127 Å². The summed E-state index contributed by atoms with van der Waals surface area (Å²) in [5, 5.41) is 18.7. The molecular weight excluding hydrogens is 769 g/mol. The summed E-state index contributed by atoms with van der Waals surface area (Å²) in [6, 6.07) is 32.5. The van der Waals surface area contributed by atoms with Crippen molar-refractivity contribution >= 4 is 17.9 Å². The standard InChI is InChI=1S/C50H62N4O7/c1-50(2,3)53-46(56)44-26-25-37-14-8-9-16-43(37)54(44)31-41-29-45(38-19-17-34(32-55)18-20-38)61-48(60-41)39-23-21-36(22-24-39)40-15-10-13-35(27-40)30-51-49(58)52-42(47(57)59-4)28-33-11-6-5-7-12-33/h5-7,10-13,15,17-24,27,37,41-45,48,55H,8-9,14,16,25-26,28-32H2,1-4H3,(H,53,56)(H2,51,52,58)/t37-,41-,42+,43-,44-,45+,48+/m1/s1. The number of nitrogens with one attached hydrogen (secondary N) is 3. The number of hydrogen-bond acceptors (Lipinski definition) is 8. The van der Waals surface area contributed by atoms with E-state index in [4.69, 9.17) is 14.2 Å². The van der Waals surface area contributed by atoms with Crippen LogP contribution in [-0.2, 0) is 43.4 Å². The van der Waals surface area contributed by atoms with E-state index in [1.807, 2.05) is 112 Å². The molecular formula is C50H62N4O7. The molecule has 2 heterocycles. The van der Waals surface area contributed by atoms with Crippen molar-refractivity contribution in [3.63, 3.8) is 0 Å². The predicted octanol–water partition coefficient (Wildman–Crippen LogP) is 7.91. The number of carbonyl (C=O) groups is 3. The average Bonchev–Trinajstić information content (AvgIpc) is 3.27. The monoisotopic (exact) mass is 830 g/mol. The Bertz CT molecular complexity index is 2070. The van der Waals surface area contributed by atoms with E-state index in [2.05, 4.69) is 33.0 Å². The van der Waals surface area contributed by atoms with Crippen LogP contribution in [0.1, 0.15) is 106 Å². The van der Waals surface area contributed by atoms with Crippen molar-refractivity contribution in [2.24, 2.45) is 5.92 Å². The van der Waals surface area contributed by atoms with Crippen LogP contribution in [-0.4, -0.2) is 71.3 Å². The molecule has 1 aliphatic carbocycles. The van der Waals surface area contributed by atoms with Crippen LogP contribution in [0.3, 0.4) is 0 Å². The summed E-state index contributed by atoms with van der Waals surface area (Å²) in [6.45, 7) is 7.00. The number of aliphatic hydroxyl groups is 1. The van der Waals surface area contributed by atoms with Crippen molar-refractivity contribution in [3.8, 4) is 11.1 Å². The van der Waals surface area contributed by atoms with Crippen LogP contribution in [0.25, 0.3) is 11.1 Å². The number of fused-ring (bicyclic) bond motifs is 1. The molecule has 0 bridgehead atoms. The summed E-state index contributed by atoms with van der Waals surface area (Å²) in [7, 11) is 1.31. The van der Waals surface area contributed by atoms with Gasteiger partial charge in [-0.15, -0.1) is 0 Å². The van der Waals surface area contributed by atoms with E-state index in [0.29, 0.717) is 31.3 Å². The summed E-state index contributed by atoms with van der Waals surface area (Å²) in [6.07, 6.45) is 6.55. The van der Waals surface area contributed by atoms with Gasteiger partial charge in [0.05, 0.1) is 32.0 Å². The Morgan fingerprint density at radius 1 is 0.803 bits per heavy atom. The number of likely N-dealkylation sites (tertiary alicyclic amines) is 1. The number of amides is 3. The first-order valence-electron chi connectivity index (χ1n) is 21.9. The Hall–Kier alpha value is -5.07. The Balaban J connectivity index is 1.05. The maximum atomic E-state index is 13.9. The third-order valence-electron chi connectivity index (χ3n) is 12.3. The van der Waals surface area contributed by atoms with Gasteiger partial charge in [0.2, 0.25) is 5.91 Å². The molecule has 1 saturated carbocycles. The zero-order chi connectivity index (χ0) is 42.9. The highest BCUT2D eigenvalue weighted by Crippen LogP contribution is 2.42. The highest BCUT2D eigenvalue weighted by molar-refractivity contribution is 5.84. The number of piperidine rings is 1. The highest BCUT2D eigenvalue weighted by atomic mass is 16.7. The van der Waals surface area contributed by atoms with Crippen molar-refractivity contribution in [1.82, 2.24) is 20.9 Å². The molecule has 324 valence electrons. The van der Waals surface area contributed by atoms with Gasteiger partial charge < -0.3 is 35.3 Å². The first kappa shape index (κ1) is 44.0. The molecule has 0 unspecified atom stereocenters. The Labute approximate surface area is 360 Å². The van der Waals surface area contributed by atoms with Crippen molar-refractivity contribution in [2.75, 3.05) is 13.7 Å². The van der Waals surface area contributed by atoms with Crippen LogP contribution in [0.2, 0.25) is 0 Å². The minimum absolute atomic E-state index is 0.0243. The second kappa shape index (κ2) is 20.2. The quantitative estimate of drug-likeness (QED) is 0.0999. The topological polar surface area (TPSA) is 138 Å². The summed E-state index contributed by atoms with van der Waals surface area (Å²) < 4.78 is 18.6. The Kier molecular flexibility index (Phi) is 14.6. The summed E-state index contributed by atoms with van der Waals surface area (Å²) >= 11 is 0. The molecule has 11 heteroatoms. The lowest BCUT2D eigenvalue weighted by molar-refractivity contribution is -0.255. The number of nitrogens with zero attached hydrogens (tertiary/aromatic N) is 1. The van der Waals surface area contributed by atoms with Gasteiger partial charge >= 0.3 is 12.0 Å². The number of carbonyl (C=O) groups excluding carboxylic acids is 3. The SMILES string of the molecule is COC(=O)[C@H](Cc1ccccc1)NC(=O)NCc1cccc(-c2ccc([C@H]3O[C@@H](CN4[C@@H](C(=O)NC(C)(C)C)CC[C@H]5CCCC[C@H]54)C[C@@H](c4ccc(CO)cc4)O3)cc2)c1. The van der Waals surface area contributed by atoms with E-state index < -0.39 is 24.3 Å². The van der Waals surface area contributed by atoms with E-state index in [-0.39, 0.29) is 42.8 Å². The number of esters is 1. The summed E-state index contributed by atoms with van der Waals surface area (Å²) in [5.74, 6) is 0.179. The smallest absolute Gasteiger partial charge is 0.328 e. The van der Waals surface area contributed by atoms with E-state index in [9.17, 15) is 19.5 Å². The fourth-order valence-corrected chi connectivity index (χ4v) is 9.27. The van der Waals surface area contributed by atoms with Crippen LogP contribution in [0.15, 0.2) is 103 Å². The van der Waals surface area contributed by atoms with Gasteiger partial charge in [-0.25, -0.2) is 9.59 Å². The lowest BCUT2D eigenvalue weighted by Gasteiger charge is -2.50. The zero-order valence-electron chi connectivity index (χ0n) is 36.0. The molecule has 2 aliphatic heterocycles. The number of hydrogen-bond donors (Lipinski definition) is 4. The molecule has 7 rings (SSSR count). The van der Waals surface area contributed by atoms with Gasteiger partial charge in [0.15, 0.2) is 6.29 Å². The fourth-order valence-electron chi connectivity index (χ4n) is 9.27. The highest BCUT2D eigenvalue weighted by Gasteiger charge is 2.44. The average molecular weight is 831 g/mol. The van der Waals surface area contributed by atoms with Crippen LogP contribution in [0.4, 0.5) is 4.79 Å². The fraction of sp³-hybridized carbons (Fsp3) is 0.460. The van der Waals surface area contributed by atoms with E-state index in [1.54, 1.807) is 0 Å². The molecule has 4 aromatic rings. The maximum Gasteiger partial charge on any atom is 0.328 e. The maximum absolute atomic E-state index is 13.9. The lowest BCUT2D eigenvalue weighted by Crippen LogP contribution is -2.61. The second-order valence-corrected chi connectivity index (χ2v) is 17.9. The molecule has 11 nitrogen and oxygen atoms in total. The first-order chi connectivity index (χ1) is 29.5. The van der Waals surface area contributed by atoms with Crippen molar-refractivity contribution < 1.29 is 33.7 Å². The zero-order valence-corrected chi connectivity index (χ0v) is 36.0. The molecule has 0 radical (unpaired) electrons. The lowest BCUT2D eigenvalue weighted by atomic mass is 9.75. The number of benzene rings is 4. The van der Waals surface area contributed by atoms with Gasteiger partial charge in [-0.05, 0) is 91.8 Å². The van der Waals surface area contributed by atoms with Gasteiger partial charge in [-0.1, -0.05) is 110 Å². The van der Waals surface area contributed by atoms with Gasteiger partial charge in [0.1, 0.15) is 6.04 Å². The van der Waals surface area contributed by atoms with E-state index in [0.717, 1.165) is 58.2 Å². The minimum Gasteiger partial charge on any atom is -0.467 e.